The van der Waals surface area contributed by atoms with E-state index in [1.165, 1.54) is 5.56 Å². The van der Waals surface area contributed by atoms with E-state index in [4.69, 9.17) is 16.4 Å². The monoisotopic (exact) mass is 406 g/mol. The predicted molar refractivity (Wildman–Crippen MR) is 116 cm³/mol. The number of hydrogen-bond donors (Lipinski definition) is 0. The molecule has 4 nitrogen and oxygen atoms in total. The Kier molecular flexibility index (Phi) is 5.40. The van der Waals surface area contributed by atoms with Gasteiger partial charge >= 0.3 is 5.72 Å². The zero-order valence-electron chi connectivity index (χ0n) is 18.4. The standard InChI is InChI=1S/C23H35ClN2O2/c1-17-9-11-18(12-10-17)19-20(2,3)15-23(16-24,25(19)27)28-26-21(4,5)13-8-14-22(26,6)7/h9-12H,8,13-16H2,1-7H3. The molecule has 28 heavy (non-hydrogen) atoms. The SMILES string of the molecule is Cc1ccc(C2=[N+]([O-])C(CCl)(ON3C(C)(C)CCCC3(C)C)CC2(C)C)cc1. The van der Waals surface area contributed by atoms with Crippen LogP contribution in [0.1, 0.15) is 78.4 Å². The summed E-state index contributed by atoms with van der Waals surface area (Å²) in [6.07, 6.45) is 3.77. The normalized spacial score (nSPS) is 29.3. The fourth-order valence-corrected chi connectivity index (χ4v) is 5.38. The smallest absolute Gasteiger partial charge is 0.308 e. The fourth-order valence-electron chi connectivity index (χ4n) is 5.13. The minimum Gasteiger partial charge on any atom is -0.621 e. The topological polar surface area (TPSA) is 38.5 Å². The van der Waals surface area contributed by atoms with Crippen molar-refractivity contribution in [3.8, 4) is 0 Å². The number of benzene rings is 1. The van der Waals surface area contributed by atoms with Gasteiger partial charge in [-0.1, -0.05) is 17.7 Å². The second-order valence-corrected chi connectivity index (χ2v) is 10.8. The van der Waals surface area contributed by atoms with Gasteiger partial charge in [-0.15, -0.1) is 11.6 Å². The molecular formula is C23H35ClN2O2. The Labute approximate surface area is 175 Å². The largest absolute Gasteiger partial charge is 0.621 e. The molecule has 0 saturated carbocycles. The summed E-state index contributed by atoms with van der Waals surface area (Å²) < 4.78 is 1.06. The summed E-state index contributed by atoms with van der Waals surface area (Å²) in [6, 6.07) is 8.14. The number of rotatable bonds is 4. The van der Waals surface area contributed by atoms with E-state index < -0.39 is 5.72 Å². The van der Waals surface area contributed by atoms with Crippen LogP contribution >= 0.6 is 11.6 Å². The van der Waals surface area contributed by atoms with Crippen molar-refractivity contribution in [2.75, 3.05) is 5.88 Å². The Hall–Kier alpha value is -1.10. The number of hydroxylamine groups is 3. The summed E-state index contributed by atoms with van der Waals surface area (Å²) >= 11 is 6.46. The molecule has 156 valence electrons. The van der Waals surface area contributed by atoms with Gasteiger partial charge in [-0.3, -0.25) is 0 Å². The Balaban J connectivity index is 2.06. The van der Waals surface area contributed by atoms with Crippen molar-refractivity contribution in [2.45, 2.75) is 91.0 Å². The molecule has 0 N–H and O–H groups in total. The maximum absolute atomic E-state index is 13.7. The molecule has 0 radical (unpaired) electrons. The molecule has 3 rings (SSSR count). The van der Waals surface area contributed by atoms with Crippen LogP contribution < -0.4 is 0 Å². The van der Waals surface area contributed by atoms with Crippen LogP contribution in [0.2, 0.25) is 0 Å². The fraction of sp³-hybridized carbons (Fsp3) is 0.696. The minimum absolute atomic E-state index is 0.123. The van der Waals surface area contributed by atoms with Crippen molar-refractivity contribution < 1.29 is 9.58 Å². The van der Waals surface area contributed by atoms with Gasteiger partial charge in [0.1, 0.15) is 5.88 Å². The molecule has 0 amide bonds. The summed E-state index contributed by atoms with van der Waals surface area (Å²) in [7, 11) is 0. The van der Waals surface area contributed by atoms with E-state index in [1.807, 2.05) is 24.3 Å². The highest BCUT2D eigenvalue weighted by atomic mass is 35.5. The van der Waals surface area contributed by atoms with E-state index in [2.05, 4.69) is 53.5 Å². The van der Waals surface area contributed by atoms with Crippen molar-refractivity contribution in [3.05, 3.63) is 40.6 Å². The lowest BCUT2D eigenvalue weighted by atomic mass is 9.80. The van der Waals surface area contributed by atoms with E-state index in [-0.39, 0.29) is 22.4 Å². The first-order valence-corrected chi connectivity index (χ1v) is 10.9. The van der Waals surface area contributed by atoms with Crippen LogP contribution in [0.4, 0.5) is 0 Å². The van der Waals surface area contributed by atoms with E-state index in [1.54, 1.807) is 0 Å². The van der Waals surface area contributed by atoms with Crippen molar-refractivity contribution >= 4 is 17.3 Å². The molecule has 0 aromatic heterocycles. The van der Waals surface area contributed by atoms with Gasteiger partial charge in [0.2, 0.25) is 5.71 Å². The highest BCUT2D eigenvalue weighted by Crippen LogP contribution is 2.46. The zero-order chi connectivity index (χ0) is 21.0. The van der Waals surface area contributed by atoms with Gasteiger partial charge in [-0.05, 0) is 79.9 Å². The number of alkyl halides is 1. The molecule has 1 aromatic carbocycles. The van der Waals surface area contributed by atoms with Crippen LogP contribution in [0.15, 0.2) is 24.3 Å². The van der Waals surface area contributed by atoms with Gasteiger partial charge in [0.15, 0.2) is 0 Å². The molecule has 1 unspecified atom stereocenters. The van der Waals surface area contributed by atoms with E-state index >= 15 is 0 Å². The van der Waals surface area contributed by atoms with Gasteiger partial charge in [0.25, 0.3) is 0 Å². The molecule has 1 aromatic rings. The molecular weight excluding hydrogens is 372 g/mol. The lowest BCUT2D eigenvalue weighted by Crippen LogP contribution is -2.63. The molecule has 0 bridgehead atoms. The molecule has 0 aliphatic carbocycles. The molecule has 2 heterocycles. The Morgan fingerprint density at radius 1 is 1.04 bits per heavy atom. The van der Waals surface area contributed by atoms with E-state index in [9.17, 15) is 5.21 Å². The lowest BCUT2D eigenvalue weighted by molar-refractivity contribution is -0.631. The third kappa shape index (κ3) is 3.59. The van der Waals surface area contributed by atoms with Crippen LogP contribution in [0.3, 0.4) is 0 Å². The van der Waals surface area contributed by atoms with Crippen LogP contribution in [0.25, 0.3) is 0 Å². The predicted octanol–water partition coefficient (Wildman–Crippen LogP) is 5.63. The average molecular weight is 407 g/mol. The lowest BCUT2D eigenvalue weighted by Gasteiger charge is -2.52. The minimum atomic E-state index is -1.10. The zero-order valence-corrected chi connectivity index (χ0v) is 19.2. The van der Waals surface area contributed by atoms with Crippen molar-refractivity contribution in [2.24, 2.45) is 5.41 Å². The molecule has 0 spiro atoms. The Morgan fingerprint density at radius 3 is 2.07 bits per heavy atom. The third-order valence-corrected chi connectivity index (χ3v) is 6.82. The third-order valence-electron chi connectivity index (χ3n) is 6.40. The number of aryl methyl sites for hydroxylation is 1. The summed E-state index contributed by atoms with van der Waals surface area (Å²) in [6.45, 7) is 15.0. The Morgan fingerprint density at radius 2 is 1.57 bits per heavy atom. The maximum Gasteiger partial charge on any atom is 0.308 e. The van der Waals surface area contributed by atoms with Gasteiger partial charge in [-0.25, -0.2) is 4.84 Å². The van der Waals surface area contributed by atoms with E-state index in [0.29, 0.717) is 6.42 Å². The molecule has 2 aliphatic rings. The number of halogens is 1. The second-order valence-electron chi connectivity index (χ2n) is 10.5. The average Bonchev–Trinajstić information content (AvgIpc) is 2.78. The van der Waals surface area contributed by atoms with Crippen LogP contribution in [0.5, 0.6) is 0 Å². The van der Waals surface area contributed by atoms with Crippen molar-refractivity contribution in [1.29, 1.82) is 0 Å². The van der Waals surface area contributed by atoms with E-state index in [0.717, 1.165) is 35.3 Å². The first-order chi connectivity index (χ1) is 12.8. The van der Waals surface area contributed by atoms with Gasteiger partial charge < -0.3 is 5.21 Å². The second kappa shape index (κ2) is 7.00. The summed E-state index contributed by atoms with van der Waals surface area (Å²) in [4.78, 5) is 6.64. The summed E-state index contributed by atoms with van der Waals surface area (Å²) in [5.74, 6) is 0.123. The van der Waals surface area contributed by atoms with Gasteiger partial charge in [-0.2, -0.15) is 9.80 Å². The first-order valence-electron chi connectivity index (χ1n) is 10.3. The summed E-state index contributed by atoms with van der Waals surface area (Å²) in [5.41, 5.74) is 1.12. The highest BCUT2D eigenvalue weighted by molar-refractivity contribution is 6.18. The molecule has 1 atom stereocenters. The van der Waals surface area contributed by atoms with Crippen LogP contribution in [-0.2, 0) is 4.84 Å². The van der Waals surface area contributed by atoms with Crippen LogP contribution in [-0.4, -0.2) is 38.2 Å². The first kappa shape index (κ1) is 21.6. The molecule has 1 fully saturated rings. The Bertz CT molecular complexity index is 751. The quantitative estimate of drug-likeness (QED) is 0.369. The number of hydrogen-bond acceptors (Lipinski definition) is 3. The van der Waals surface area contributed by atoms with Crippen molar-refractivity contribution in [1.82, 2.24) is 5.06 Å². The molecule has 1 saturated heterocycles. The van der Waals surface area contributed by atoms with Gasteiger partial charge in [0, 0.05) is 16.6 Å². The van der Waals surface area contributed by atoms with Crippen LogP contribution in [0, 0.1) is 17.5 Å². The number of piperidine rings is 1. The summed E-state index contributed by atoms with van der Waals surface area (Å²) in [5, 5.41) is 15.8. The maximum atomic E-state index is 13.7. The number of nitrogens with zero attached hydrogens (tertiary/aromatic N) is 2. The molecule has 2 aliphatic heterocycles. The van der Waals surface area contributed by atoms with Gasteiger partial charge in [0.05, 0.1) is 11.8 Å². The molecule has 5 heteroatoms. The van der Waals surface area contributed by atoms with Crippen molar-refractivity contribution in [3.63, 3.8) is 0 Å². The highest BCUT2D eigenvalue weighted by Gasteiger charge is 2.60.